The van der Waals surface area contributed by atoms with Crippen molar-refractivity contribution in [3.63, 3.8) is 0 Å². The molecule has 30 heavy (non-hydrogen) atoms. The van der Waals surface area contributed by atoms with Gasteiger partial charge in [-0.05, 0) is 25.5 Å². The van der Waals surface area contributed by atoms with Crippen LogP contribution < -0.4 is 5.73 Å². The van der Waals surface area contributed by atoms with Crippen molar-refractivity contribution in [2.75, 3.05) is 12.8 Å². The molecule has 1 aliphatic heterocycles. The number of guanidine groups is 1. The van der Waals surface area contributed by atoms with E-state index in [9.17, 15) is 12.8 Å². The van der Waals surface area contributed by atoms with Gasteiger partial charge in [-0.2, -0.15) is 0 Å². The van der Waals surface area contributed by atoms with Gasteiger partial charge in [0.15, 0.2) is 5.65 Å². The Labute approximate surface area is 173 Å². The number of aromatic nitrogens is 4. The van der Waals surface area contributed by atoms with Crippen LogP contribution in [-0.4, -0.2) is 51.4 Å². The minimum Gasteiger partial charge on any atom is -0.369 e. The number of fused-ring (bicyclic) bond motifs is 1. The lowest BCUT2D eigenvalue weighted by atomic mass is 9.91. The van der Waals surface area contributed by atoms with E-state index in [1.807, 2.05) is 6.92 Å². The molecule has 2 aromatic heterocycles. The van der Waals surface area contributed by atoms with Gasteiger partial charge in [-0.15, -0.1) is 0 Å². The molecule has 0 spiro atoms. The van der Waals surface area contributed by atoms with Crippen LogP contribution in [0.3, 0.4) is 0 Å². The Balaban J connectivity index is 1.77. The fraction of sp³-hybridized carbons (Fsp3) is 0.316. The Morgan fingerprint density at radius 1 is 1.27 bits per heavy atom. The van der Waals surface area contributed by atoms with Gasteiger partial charge in [0.25, 0.3) is 0 Å². The molecule has 0 saturated heterocycles. The van der Waals surface area contributed by atoms with Crippen LogP contribution in [0.1, 0.15) is 29.4 Å². The third-order valence-corrected chi connectivity index (χ3v) is 7.04. The number of sulfonamides is 1. The summed E-state index contributed by atoms with van der Waals surface area (Å²) in [6.45, 7) is 3.38. The van der Waals surface area contributed by atoms with Gasteiger partial charge in [-0.3, -0.25) is 0 Å². The number of aliphatic imine (C=N–C) groups is 1. The molecule has 0 saturated carbocycles. The van der Waals surface area contributed by atoms with Crippen LogP contribution >= 0.6 is 0 Å². The molecule has 1 aromatic carbocycles. The lowest BCUT2D eigenvalue weighted by Gasteiger charge is -2.34. The molecule has 0 fully saturated rings. The topological polar surface area (TPSA) is 127 Å². The summed E-state index contributed by atoms with van der Waals surface area (Å²) >= 11 is 0. The molecule has 0 radical (unpaired) electrons. The zero-order valence-electron chi connectivity index (χ0n) is 16.7. The Morgan fingerprint density at radius 3 is 2.77 bits per heavy atom. The van der Waals surface area contributed by atoms with E-state index in [-0.39, 0.29) is 11.5 Å². The van der Waals surface area contributed by atoms with Crippen LogP contribution in [0.2, 0.25) is 0 Å². The van der Waals surface area contributed by atoms with Crippen molar-refractivity contribution < 1.29 is 12.8 Å². The molecule has 4 rings (SSSR count). The maximum absolute atomic E-state index is 14.7. The Kier molecular flexibility index (Phi) is 4.64. The first-order valence-corrected chi connectivity index (χ1v) is 10.7. The number of rotatable bonds is 3. The molecule has 1 aliphatic rings. The Bertz CT molecular complexity index is 1300. The van der Waals surface area contributed by atoms with Crippen LogP contribution in [0.5, 0.6) is 0 Å². The second-order valence-corrected chi connectivity index (χ2v) is 9.46. The van der Waals surface area contributed by atoms with Crippen molar-refractivity contribution in [2.45, 2.75) is 25.8 Å². The highest BCUT2D eigenvalue weighted by Gasteiger charge is 2.41. The van der Waals surface area contributed by atoms with Gasteiger partial charge in [-0.1, -0.05) is 12.1 Å². The van der Waals surface area contributed by atoms with E-state index in [1.54, 1.807) is 25.3 Å². The first-order chi connectivity index (χ1) is 14.1. The molecular formula is C19H20FN7O2S. The zero-order chi connectivity index (χ0) is 21.7. The molecule has 3 aromatic rings. The molecule has 0 unspecified atom stereocenters. The maximum Gasteiger partial charge on any atom is 0.239 e. The van der Waals surface area contributed by atoms with Gasteiger partial charge in [0.2, 0.25) is 16.0 Å². The largest absolute Gasteiger partial charge is 0.369 e. The van der Waals surface area contributed by atoms with Crippen LogP contribution in [0.4, 0.5) is 4.39 Å². The summed E-state index contributed by atoms with van der Waals surface area (Å²) in [5.74, 6) is -1.12. The summed E-state index contributed by atoms with van der Waals surface area (Å²) in [6, 6.07) is 4.52. The van der Waals surface area contributed by atoms with Crippen LogP contribution in [-0.2, 0) is 22.0 Å². The van der Waals surface area contributed by atoms with Crippen molar-refractivity contribution in [3.05, 3.63) is 59.1 Å². The predicted octanol–water partition coefficient (Wildman–Crippen LogP) is 1.26. The molecule has 3 heterocycles. The zero-order valence-corrected chi connectivity index (χ0v) is 17.5. The molecular weight excluding hydrogens is 409 g/mol. The van der Waals surface area contributed by atoms with Crippen molar-refractivity contribution in [2.24, 2.45) is 10.7 Å². The number of hydrogen-bond acceptors (Lipinski definition) is 8. The summed E-state index contributed by atoms with van der Waals surface area (Å²) in [5.41, 5.74) is 7.73. The fourth-order valence-electron chi connectivity index (χ4n) is 3.48. The quantitative estimate of drug-likeness (QED) is 0.664. The van der Waals surface area contributed by atoms with E-state index in [2.05, 4.69) is 24.9 Å². The predicted molar refractivity (Wildman–Crippen MR) is 110 cm³/mol. The molecule has 11 heteroatoms. The first-order valence-electron chi connectivity index (χ1n) is 9.13. The Morgan fingerprint density at radius 2 is 2.03 bits per heavy atom. The van der Waals surface area contributed by atoms with Gasteiger partial charge in [0, 0.05) is 25.2 Å². The summed E-state index contributed by atoms with van der Waals surface area (Å²) in [6.07, 6.45) is 3.38. The highest BCUT2D eigenvalue weighted by molar-refractivity contribution is 7.89. The summed E-state index contributed by atoms with van der Waals surface area (Å²) in [4.78, 5) is 21.5. The lowest BCUT2D eigenvalue weighted by molar-refractivity contribution is 0.457. The monoisotopic (exact) mass is 429 g/mol. The highest BCUT2D eigenvalue weighted by Crippen LogP contribution is 2.34. The van der Waals surface area contributed by atoms with Gasteiger partial charge in [0.1, 0.15) is 23.2 Å². The molecule has 0 aliphatic carbocycles. The van der Waals surface area contributed by atoms with E-state index in [1.165, 1.54) is 19.4 Å². The number of aryl methyl sites for hydroxylation is 1. The van der Waals surface area contributed by atoms with Crippen molar-refractivity contribution in [1.82, 2.24) is 24.2 Å². The summed E-state index contributed by atoms with van der Waals surface area (Å²) in [5, 5.41) is 0. The van der Waals surface area contributed by atoms with Crippen LogP contribution in [0.25, 0.3) is 11.2 Å². The lowest BCUT2D eigenvalue weighted by Crippen LogP contribution is -2.50. The third kappa shape index (κ3) is 3.45. The van der Waals surface area contributed by atoms with Crippen molar-refractivity contribution in [1.29, 1.82) is 0 Å². The average Bonchev–Trinajstić information content (AvgIpc) is 2.67. The molecule has 2 N–H and O–H groups in total. The second kappa shape index (κ2) is 6.94. The minimum absolute atomic E-state index is 0.153. The van der Waals surface area contributed by atoms with Crippen molar-refractivity contribution >= 4 is 27.1 Å². The number of halogens is 1. The molecule has 1 atom stereocenters. The number of benzene rings is 1. The van der Waals surface area contributed by atoms with E-state index in [4.69, 9.17) is 5.73 Å². The van der Waals surface area contributed by atoms with Crippen molar-refractivity contribution in [3.8, 4) is 0 Å². The van der Waals surface area contributed by atoms with E-state index in [0.717, 1.165) is 15.6 Å². The number of nitrogens with zero attached hydrogens (tertiary/aromatic N) is 6. The first kappa shape index (κ1) is 20.1. The van der Waals surface area contributed by atoms with Crippen LogP contribution in [0.15, 0.2) is 35.7 Å². The average molecular weight is 429 g/mol. The number of hydrogen-bond donors (Lipinski definition) is 1. The standard InChI is InChI=1S/C19H20FN7O2S/c1-11-8-22-16-15(23-10-24-17(16)25-11)7-12-4-5-14(20)13(6-12)19(2)9-30(28,29)27(3)18(21)26-19/h4-6,8,10H,7,9H2,1-3H3,(H2,21,26)/t19-/m0/s1. The fourth-order valence-corrected chi connectivity index (χ4v) is 4.93. The van der Waals surface area contributed by atoms with Gasteiger partial charge in [0.05, 0.1) is 17.1 Å². The van der Waals surface area contributed by atoms with E-state index >= 15 is 0 Å². The molecule has 9 nitrogen and oxygen atoms in total. The minimum atomic E-state index is -3.72. The van der Waals surface area contributed by atoms with E-state index in [0.29, 0.717) is 23.3 Å². The smallest absolute Gasteiger partial charge is 0.239 e. The van der Waals surface area contributed by atoms with E-state index < -0.39 is 27.1 Å². The summed E-state index contributed by atoms with van der Waals surface area (Å²) < 4.78 is 40.6. The third-order valence-electron chi connectivity index (χ3n) is 5.09. The number of nitrogens with two attached hydrogens (primary N) is 1. The maximum atomic E-state index is 14.7. The SMILES string of the molecule is Cc1cnc2c(Cc3ccc(F)c([C@]4(C)CS(=O)(=O)N(C)C(N)=N4)c3)ncnc2n1. The molecule has 156 valence electrons. The van der Waals surface area contributed by atoms with Gasteiger partial charge < -0.3 is 5.73 Å². The molecule has 0 amide bonds. The molecule has 0 bridgehead atoms. The van der Waals surface area contributed by atoms with Gasteiger partial charge >= 0.3 is 0 Å². The van der Waals surface area contributed by atoms with Gasteiger partial charge in [-0.25, -0.2) is 42.0 Å². The highest BCUT2D eigenvalue weighted by atomic mass is 32.2. The Hall–Kier alpha value is -3.21. The van der Waals surface area contributed by atoms with Crippen LogP contribution in [0, 0.1) is 12.7 Å². The normalized spacial score (nSPS) is 20.9. The summed E-state index contributed by atoms with van der Waals surface area (Å²) in [7, 11) is -2.39. The second-order valence-electron chi connectivity index (χ2n) is 7.46.